The van der Waals surface area contributed by atoms with Crippen molar-refractivity contribution in [3.05, 3.63) is 46.5 Å². The molecule has 0 spiro atoms. The summed E-state index contributed by atoms with van der Waals surface area (Å²) in [7, 11) is 0. The largest absolute Gasteiger partial charge is 0.369 e. The van der Waals surface area contributed by atoms with Gasteiger partial charge in [-0.2, -0.15) is 4.99 Å². The summed E-state index contributed by atoms with van der Waals surface area (Å²) in [5.41, 5.74) is 7.57. The second-order valence-corrected chi connectivity index (χ2v) is 8.05. The summed E-state index contributed by atoms with van der Waals surface area (Å²) < 4.78 is 13.4. The number of guanidine groups is 1. The van der Waals surface area contributed by atoms with Crippen molar-refractivity contribution in [1.82, 2.24) is 14.9 Å². The lowest BCUT2D eigenvalue weighted by atomic mass is 9.96. The van der Waals surface area contributed by atoms with Crippen LogP contribution in [0.4, 0.5) is 16.0 Å². The van der Waals surface area contributed by atoms with Gasteiger partial charge in [-0.1, -0.05) is 11.6 Å². The highest BCUT2D eigenvalue weighted by Crippen LogP contribution is 2.20. The predicted octanol–water partition coefficient (Wildman–Crippen LogP) is 3.25. The Morgan fingerprint density at radius 3 is 2.45 bits per heavy atom. The number of carbonyl (C=O) groups is 1. The minimum atomic E-state index is -0.520. The van der Waals surface area contributed by atoms with Gasteiger partial charge >= 0.3 is 0 Å². The number of rotatable bonds is 3. The molecule has 8 nitrogen and oxygen atoms in total. The van der Waals surface area contributed by atoms with Crippen LogP contribution < -0.4 is 16.4 Å². The van der Waals surface area contributed by atoms with Crippen molar-refractivity contribution < 1.29 is 9.18 Å². The number of piperidine rings is 1. The number of halogens is 2. The SMILES string of the molecule is Cc1cc(C)nc(N/C(=N/C(=S)Nc2ccc(F)c(Cl)c2)N2CCC(C(N)=O)CC2)n1. The van der Waals surface area contributed by atoms with Gasteiger partial charge in [-0.3, -0.25) is 10.1 Å². The number of hydrogen-bond acceptors (Lipinski definition) is 4. The number of nitrogens with zero attached hydrogens (tertiary/aromatic N) is 4. The van der Waals surface area contributed by atoms with Crippen LogP contribution in [-0.2, 0) is 4.79 Å². The number of thiocarbonyl (C=S) groups is 1. The second-order valence-electron chi connectivity index (χ2n) is 7.26. The number of anilines is 2. The molecule has 1 amide bonds. The van der Waals surface area contributed by atoms with E-state index in [0.717, 1.165) is 11.4 Å². The molecule has 1 aromatic carbocycles. The first kappa shape index (κ1) is 22.8. The van der Waals surface area contributed by atoms with E-state index in [1.807, 2.05) is 24.8 Å². The van der Waals surface area contributed by atoms with Crippen LogP contribution in [0, 0.1) is 25.6 Å². The van der Waals surface area contributed by atoms with Crippen LogP contribution in [0.25, 0.3) is 0 Å². The number of carbonyl (C=O) groups excluding carboxylic acids is 1. The number of aliphatic imine (C=N–C) groups is 1. The topological polar surface area (TPSA) is 109 Å². The summed E-state index contributed by atoms with van der Waals surface area (Å²) in [6.45, 7) is 4.88. The van der Waals surface area contributed by atoms with E-state index in [-0.39, 0.29) is 22.0 Å². The Hall–Kier alpha value is -2.85. The zero-order valence-corrected chi connectivity index (χ0v) is 18.7. The quantitative estimate of drug-likeness (QED) is 0.364. The molecule has 0 atom stereocenters. The summed E-state index contributed by atoms with van der Waals surface area (Å²) in [4.78, 5) is 26.7. The monoisotopic (exact) mass is 463 g/mol. The average Bonchev–Trinajstić information content (AvgIpc) is 2.69. The summed E-state index contributed by atoms with van der Waals surface area (Å²) in [5, 5.41) is 6.19. The lowest BCUT2D eigenvalue weighted by molar-refractivity contribution is -0.122. The van der Waals surface area contributed by atoms with Crippen LogP contribution in [0.3, 0.4) is 0 Å². The molecule has 4 N–H and O–H groups in total. The fourth-order valence-electron chi connectivity index (χ4n) is 3.26. The van der Waals surface area contributed by atoms with E-state index in [0.29, 0.717) is 43.5 Å². The fourth-order valence-corrected chi connectivity index (χ4v) is 3.64. The summed E-state index contributed by atoms with van der Waals surface area (Å²) in [5.74, 6) is -0.150. The van der Waals surface area contributed by atoms with E-state index < -0.39 is 5.82 Å². The first-order chi connectivity index (χ1) is 14.7. The zero-order valence-electron chi connectivity index (χ0n) is 17.2. The molecule has 0 bridgehead atoms. The van der Waals surface area contributed by atoms with Crippen LogP contribution in [0.5, 0.6) is 0 Å². The van der Waals surface area contributed by atoms with Crippen molar-refractivity contribution in [2.75, 3.05) is 23.7 Å². The Balaban J connectivity index is 1.82. The standard InChI is InChI=1S/C20H23ClFN7OS/c1-11-9-12(2)25-18(24-11)27-19(29-7-5-13(6-8-29)17(23)30)28-20(31)26-14-3-4-16(22)15(21)10-14/h3-4,9-10,13H,5-8H2,1-2H3,(H2,23,30)(H2,24,25,26,27,28,31). The van der Waals surface area contributed by atoms with Crippen molar-refractivity contribution in [2.24, 2.45) is 16.6 Å². The second kappa shape index (κ2) is 9.97. The van der Waals surface area contributed by atoms with Crippen molar-refractivity contribution >= 4 is 52.4 Å². The lowest BCUT2D eigenvalue weighted by Gasteiger charge is -2.32. The molecule has 11 heteroatoms. The number of benzene rings is 1. The first-order valence-corrected chi connectivity index (χ1v) is 10.5. The Kier molecular flexibility index (Phi) is 7.34. The van der Waals surface area contributed by atoms with Gasteiger partial charge in [-0.25, -0.2) is 14.4 Å². The Morgan fingerprint density at radius 1 is 1.23 bits per heavy atom. The van der Waals surface area contributed by atoms with E-state index in [1.54, 1.807) is 0 Å². The number of nitrogens with one attached hydrogen (secondary N) is 2. The zero-order chi connectivity index (χ0) is 22.5. The van der Waals surface area contributed by atoms with Crippen molar-refractivity contribution in [3.8, 4) is 0 Å². The molecule has 2 heterocycles. The van der Waals surface area contributed by atoms with Crippen LogP contribution >= 0.6 is 23.8 Å². The number of nitrogens with two attached hydrogens (primary N) is 1. The van der Waals surface area contributed by atoms with E-state index in [1.165, 1.54) is 18.2 Å². The van der Waals surface area contributed by atoms with Crippen molar-refractivity contribution in [1.29, 1.82) is 0 Å². The molecule has 0 unspecified atom stereocenters. The molecule has 1 aliphatic heterocycles. The first-order valence-electron chi connectivity index (χ1n) is 9.69. The van der Waals surface area contributed by atoms with Gasteiger partial charge in [0.25, 0.3) is 0 Å². The van der Waals surface area contributed by atoms with Crippen molar-refractivity contribution in [2.45, 2.75) is 26.7 Å². The number of hydrogen-bond donors (Lipinski definition) is 3. The Labute approximate surface area is 190 Å². The van der Waals surface area contributed by atoms with Gasteiger partial charge in [0.1, 0.15) is 5.82 Å². The van der Waals surface area contributed by atoms with Gasteiger partial charge in [0.2, 0.25) is 22.9 Å². The van der Waals surface area contributed by atoms with Gasteiger partial charge in [0.05, 0.1) is 5.02 Å². The van der Waals surface area contributed by atoms with E-state index in [2.05, 4.69) is 25.6 Å². The van der Waals surface area contributed by atoms with E-state index >= 15 is 0 Å². The smallest absolute Gasteiger partial charge is 0.229 e. The molecular formula is C20H23ClFN7OS. The lowest BCUT2D eigenvalue weighted by Crippen LogP contribution is -2.45. The van der Waals surface area contributed by atoms with Gasteiger partial charge in [-0.15, -0.1) is 0 Å². The molecule has 0 aliphatic carbocycles. The molecule has 1 saturated heterocycles. The number of amides is 1. The number of primary amides is 1. The highest BCUT2D eigenvalue weighted by molar-refractivity contribution is 7.80. The third-order valence-corrected chi connectivity index (χ3v) is 5.26. The highest BCUT2D eigenvalue weighted by Gasteiger charge is 2.25. The number of aryl methyl sites for hydroxylation is 2. The number of aromatic nitrogens is 2. The van der Waals surface area contributed by atoms with Crippen LogP contribution in [-0.4, -0.2) is 44.9 Å². The van der Waals surface area contributed by atoms with Gasteiger partial charge in [-0.05, 0) is 63.2 Å². The van der Waals surface area contributed by atoms with E-state index in [9.17, 15) is 9.18 Å². The molecule has 1 aromatic heterocycles. The maximum atomic E-state index is 13.4. The summed E-state index contributed by atoms with van der Waals surface area (Å²) >= 11 is 11.2. The summed E-state index contributed by atoms with van der Waals surface area (Å²) in [6.07, 6.45) is 1.22. The van der Waals surface area contributed by atoms with Gasteiger partial charge < -0.3 is 16.0 Å². The number of likely N-dealkylation sites (tertiary alicyclic amines) is 1. The molecule has 164 valence electrons. The van der Waals surface area contributed by atoms with Crippen LogP contribution in [0.1, 0.15) is 24.2 Å². The molecule has 0 radical (unpaired) electrons. The molecule has 0 saturated carbocycles. The minimum Gasteiger partial charge on any atom is -0.369 e. The van der Waals surface area contributed by atoms with Gasteiger partial charge in [0.15, 0.2) is 0 Å². The van der Waals surface area contributed by atoms with Gasteiger partial charge in [0, 0.05) is 36.1 Å². The third-order valence-electron chi connectivity index (χ3n) is 4.78. The Morgan fingerprint density at radius 2 is 1.87 bits per heavy atom. The molecular weight excluding hydrogens is 441 g/mol. The van der Waals surface area contributed by atoms with Crippen LogP contribution in [0.15, 0.2) is 29.3 Å². The summed E-state index contributed by atoms with van der Waals surface area (Å²) in [6, 6.07) is 6.05. The molecule has 1 fully saturated rings. The highest BCUT2D eigenvalue weighted by atomic mass is 35.5. The molecule has 2 aromatic rings. The van der Waals surface area contributed by atoms with Crippen molar-refractivity contribution in [3.63, 3.8) is 0 Å². The molecule has 3 rings (SSSR count). The third kappa shape index (κ3) is 6.31. The predicted molar refractivity (Wildman–Crippen MR) is 124 cm³/mol. The maximum Gasteiger partial charge on any atom is 0.229 e. The Bertz CT molecular complexity index is 1000. The minimum absolute atomic E-state index is 0.0210. The average molecular weight is 464 g/mol. The molecule has 31 heavy (non-hydrogen) atoms. The molecule has 1 aliphatic rings. The van der Waals surface area contributed by atoms with Crippen LogP contribution in [0.2, 0.25) is 5.02 Å². The normalized spacial score (nSPS) is 15.0. The maximum absolute atomic E-state index is 13.4. The van der Waals surface area contributed by atoms with E-state index in [4.69, 9.17) is 29.6 Å². The fraction of sp³-hybridized carbons (Fsp3) is 0.350.